The number of imidazole rings is 2. The van der Waals surface area contributed by atoms with Crippen molar-refractivity contribution in [3.63, 3.8) is 0 Å². The molecule has 0 atom stereocenters. The van der Waals surface area contributed by atoms with Crippen molar-refractivity contribution in [1.29, 1.82) is 0 Å². The average molecular weight is 751 g/mol. The summed E-state index contributed by atoms with van der Waals surface area (Å²) in [6, 6.07) is 31.8. The van der Waals surface area contributed by atoms with E-state index in [-0.39, 0.29) is 45.9 Å². The van der Waals surface area contributed by atoms with Gasteiger partial charge in [0, 0.05) is 22.9 Å². The summed E-state index contributed by atoms with van der Waals surface area (Å²) in [5.74, 6) is 1.96. The number of nitrogens with one attached hydrogen (secondary N) is 2. The molecule has 9 heteroatoms. The fourth-order valence-corrected chi connectivity index (χ4v) is 4.02. The van der Waals surface area contributed by atoms with Crippen LogP contribution in [0.1, 0.15) is 22.8 Å². The Balaban J connectivity index is 0.000000241. The normalized spacial score (nSPS) is 10.0. The first kappa shape index (κ1) is 30.9. The molecule has 0 saturated heterocycles. The third-order valence-electron chi connectivity index (χ3n) is 5.45. The molecule has 4 aromatic carbocycles. The van der Waals surface area contributed by atoms with Gasteiger partial charge in [0.25, 0.3) is 0 Å². The van der Waals surface area contributed by atoms with Crippen LogP contribution in [0.25, 0.3) is 22.1 Å². The van der Waals surface area contributed by atoms with Crippen molar-refractivity contribution >= 4 is 45.3 Å². The van der Waals surface area contributed by atoms with Gasteiger partial charge in [-0.3, -0.25) is 0 Å². The minimum atomic E-state index is 0. The molecule has 2 heterocycles. The van der Waals surface area contributed by atoms with Crippen LogP contribution in [-0.2, 0) is 33.9 Å². The van der Waals surface area contributed by atoms with Crippen LogP contribution < -0.4 is 24.8 Å². The van der Waals surface area contributed by atoms with Crippen molar-refractivity contribution in [2.45, 2.75) is 12.8 Å². The Morgan fingerprint density at radius 3 is 1.22 bits per heavy atom. The molecule has 0 amide bonds. The quantitative estimate of drug-likeness (QED) is 0.288. The van der Waals surface area contributed by atoms with Crippen molar-refractivity contribution in [2.24, 2.45) is 0 Å². The van der Waals surface area contributed by atoms with Crippen LogP contribution in [0.4, 0.5) is 0 Å². The molecule has 4 nitrogen and oxygen atoms in total. The number of aromatic amines is 2. The molecular formula is C28H22Cl4N4Pt. The van der Waals surface area contributed by atoms with Crippen molar-refractivity contribution in [1.82, 2.24) is 19.9 Å². The average Bonchev–Trinajstić information content (AvgIpc) is 3.45. The fraction of sp³-hybridized carbons (Fsp3) is 0.0714. The summed E-state index contributed by atoms with van der Waals surface area (Å²) in [6.07, 6.45) is 1.59. The number of halogens is 4. The Bertz CT molecular complexity index is 1350. The first-order chi connectivity index (χ1) is 16.6. The second-order valence-electron chi connectivity index (χ2n) is 8.01. The zero-order chi connectivity index (χ0) is 23.3. The number of hydrogen-bond acceptors (Lipinski definition) is 2. The summed E-state index contributed by atoms with van der Waals surface area (Å²) < 4.78 is 0. The smallest absolute Gasteiger partial charge is 1.00 e. The summed E-state index contributed by atoms with van der Waals surface area (Å²) >= 11 is 11.7. The van der Waals surface area contributed by atoms with Gasteiger partial charge in [-0.15, -0.1) is 0 Å². The first-order valence-corrected chi connectivity index (χ1v) is 11.7. The number of hydrogen-bond donors (Lipinski definition) is 2. The number of fused-ring (bicyclic) bond motifs is 2. The number of benzene rings is 4. The van der Waals surface area contributed by atoms with Gasteiger partial charge in [0.2, 0.25) is 0 Å². The molecule has 0 aliphatic carbocycles. The van der Waals surface area contributed by atoms with Crippen molar-refractivity contribution in [3.8, 4) is 0 Å². The van der Waals surface area contributed by atoms with Crippen LogP contribution in [0.2, 0.25) is 10.0 Å². The molecule has 0 fully saturated rings. The van der Waals surface area contributed by atoms with E-state index in [1.54, 1.807) is 0 Å². The predicted molar refractivity (Wildman–Crippen MR) is 141 cm³/mol. The minimum Gasteiger partial charge on any atom is -1.00 e. The molecule has 0 saturated carbocycles. The maximum absolute atomic E-state index is 5.86. The van der Waals surface area contributed by atoms with Crippen LogP contribution in [0.3, 0.4) is 0 Å². The maximum Gasteiger partial charge on any atom is 2.00 e. The largest absolute Gasteiger partial charge is 2.00 e. The van der Waals surface area contributed by atoms with Gasteiger partial charge < -0.3 is 34.8 Å². The molecule has 0 radical (unpaired) electrons. The van der Waals surface area contributed by atoms with Gasteiger partial charge in [0.05, 0.1) is 22.1 Å². The summed E-state index contributed by atoms with van der Waals surface area (Å²) in [5.41, 5.74) is 6.59. The maximum atomic E-state index is 5.86. The molecule has 192 valence electrons. The molecule has 0 bridgehead atoms. The van der Waals surface area contributed by atoms with Crippen LogP contribution in [0, 0.1) is 0 Å². The Hall–Kier alpha value is -2.33. The van der Waals surface area contributed by atoms with E-state index in [0.29, 0.717) is 0 Å². The topological polar surface area (TPSA) is 57.4 Å². The van der Waals surface area contributed by atoms with E-state index in [4.69, 9.17) is 23.2 Å². The van der Waals surface area contributed by atoms with Crippen molar-refractivity contribution in [3.05, 3.63) is 130 Å². The van der Waals surface area contributed by atoms with E-state index in [1.165, 1.54) is 11.1 Å². The van der Waals surface area contributed by atoms with Crippen LogP contribution >= 0.6 is 23.2 Å². The standard InChI is InChI=1S/2C14H11ClN2.2ClH.Pt/c2*15-11-7-5-10(6-8-11)9-14-16-12-3-1-2-4-13(12)17-14;;;/h2*1-8H,9H2,(H,16,17);2*1H;/q;;;;+2/p-2. The van der Waals surface area contributed by atoms with Gasteiger partial charge in [0.1, 0.15) is 11.6 Å². The summed E-state index contributed by atoms with van der Waals surface area (Å²) in [5, 5.41) is 1.52. The second kappa shape index (κ2) is 14.6. The van der Waals surface area contributed by atoms with E-state index < -0.39 is 0 Å². The van der Waals surface area contributed by atoms with Crippen molar-refractivity contribution in [2.75, 3.05) is 0 Å². The van der Waals surface area contributed by atoms with E-state index >= 15 is 0 Å². The number of rotatable bonds is 4. The molecule has 0 unspecified atom stereocenters. The van der Waals surface area contributed by atoms with Gasteiger partial charge in [-0.05, 0) is 59.7 Å². The van der Waals surface area contributed by atoms with Gasteiger partial charge >= 0.3 is 21.1 Å². The summed E-state index contributed by atoms with van der Waals surface area (Å²) in [4.78, 5) is 15.7. The Morgan fingerprint density at radius 1 is 0.514 bits per heavy atom. The van der Waals surface area contributed by atoms with Gasteiger partial charge in [-0.25, -0.2) is 9.97 Å². The molecule has 0 aliphatic rings. The fourth-order valence-electron chi connectivity index (χ4n) is 3.77. The summed E-state index contributed by atoms with van der Waals surface area (Å²) in [7, 11) is 0. The molecule has 6 aromatic rings. The molecule has 0 aliphatic heterocycles. The zero-order valence-electron chi connectivity index (χ0n) is 19.4. The molecule has 6 rings (SSSR count). The van der Waals surface area contributed by atoms with E-state index in [2.05, 4.69) is 19.9 Å². The summed E-state index contributed by atoms with van der Waals surface area (Å²) in [6.45, 7) is 0. The first-order valence-electron chi connectivity index (χ1n) is 11.0. The number of H-pyrrole nitrogens is 2. The second-order valence-corrected chi connectivity index (χ2v) is 8.88. The predicted octanol–water partition coefficient (Wildman–Crippen LogP) is 1.62. The SMILES string of the molecule is Clc1ccc(Cc2nc3ccccc3[nH]2)cc1.Clc1ccc(Cc2nc3ccccc3[nH]2)cc1.[Cl-].[Cl-].[Pt+2]. The van der Waals surface area contributed by atoms with Gasteiger partial charge in [0.15, 0.2) is 0 Å². The molecule has 2 N–H and O–H groups in total. The molecule has 0 spiro atoms. The number of nitrogens with zero attached hydrogens (tertiary/aromatic N) is 2. The van der Waals surface area contributed by atoms with Crippen LogP contribution in [0.15, 0.2) is 97.1 Å². The Kier molecular flexibility index (Phi) is 12.2. The van der Waals surface area contributed by atoms with Gasteiger partial charge in [-0.1, -0.05) is 71.7 Å². The van der Waals surface area contributed by atoms with Crippen molar-refractivity contribution < 1.29 is 45.9 Å². The molecule has 2 aromatic heterocycles. The number of para-hydroxylation sites is 4. The monoisotopic (exact) mass is 749 g/mol. The Labute approximate surface area is 252 Å². The molecule has 37 heavy (non-hydrogen) atoms. The number of aromatic nitrogens is 4. The van der Waals surface area contributed by atoms with Gasteiger partial charge in [-0.2, -0.15) is 0 Å². The minimum absolute atomic E-state index is 0. The van der Waals surface area contributed by atoms with E-state index in [9.17, 15) is 0 Å². The Morgan fingerprint density at radius 2 is 0.865 bits per heavy atom. The van der Waals surface area contributed by atoms with E-state index in [0.717, 1.165) is 56.6 Å². The third kappa shape index (κ3) is 8.33. The molecular weight excluding hydrogens is 729 g/mol. The third-order valence-corrected chi connectivity index (χ3v) is 5.95. The van der Waals surface area contributed by atoms with E-state index in [1.807, 2.05) is 97.1 Å². The van der Waals surface area contributed by atoms with Crippen LogP contribution in [0.5, 0.6) is 0 Å². The zero-order valence-corrected chi connectivity index (χ0v) is 24.7. The van der Waals surface area contributed by atoms with Crippen LogP contribution in [-0.4, -0.2) is 19.9 Å².